The molecule has 19 heavy (non-hydrogen) atoms. The molecular formula is C14H22N2O2S. The lowest BCUT2D eigenvalue weighted by Gasteiger charge is -2.54. The van der Waals surface area contributed by atoms with Crippen LogP contribution < -0.4 is 10.2 Å². The molecular weight excluding hydrogens is 260 g/mol. The molecule has 1 aromatic heterocycles. The molecule has 0 aliphatic heterocycles. The fraction of sp³-hybridized carbons (Fsp3) is 0.786. The molecule has 0 radical (unpaired) electrons. The van der Waals surface area contributed by atoms with Gasteiger partial charge in [-0.3, -0.25) is 4.79 Å². The van der Waals surface area contributed by atoms with Gasteiger partial charge < -0.3 is 15.0 Å². The van der Waals surface area contributed by atoms with Crippen LogP contribution in [0.1, 0.15) is 44.7 Å². The zero-order chi connectivity index (χ0) is 13.3. The molecule has 0 bridgehead atoms. The van der Waals surface area contributed by atoms with E-state index in [-0.39, 0.29) is 4.87 Å². The minimum Gasteiger partial charge on any atom is -0.378 e. The van der Waals surface area contributed by atoms with Gasteiger partial charge in [-0.2, -0.15) is 0 Å². The first-order valence-electron chi connectivity index (χ1n) is 7.26. The van der Waals surface area contributed by atoms with E-state index < -0.39 is 0 Å². The summed E-state index contributed by atoms with van der Waals surface area (Å²) in [4.78, 5) is 14.0. The molecule has 2 unspecified atom stereocenters. The lowest BCUT2D eigenvalue weighted by Crippen LogP contribution is -2.62. The Balaban J connectivity index is 1.60. The average molecular weight is 282 g/mol. The minimum atomic E-state index is 0.0354. The monoisotopic (exact) mass is 282 g/mol. The number of rotatable bonds is 5. The van der Waals surface area contributed by atoms with Crippen LogP contribution in [0.5, 0.6) is 0 Å². The van der Waals surface area contributed by atoms with Crippen LogP contribution in [0.3, 0.4) is 0 Å². The van der Waals surface area contributed by atoms with Gasteiger partial charge >= 0.3 is 4.87 Å². The summed E-state index contributed by atoms with van der Waals surface area (Å²) >= 11 is 1.24. The third-order valence-electron chi connectivity index (χ3n) is 4.80. The van der Waals surface area contributed by atoms with Crippen molar-refractivity contribution in [3.05, 3.63) is 20.7 Å². The van der Waals surface area contributed by atoms with Gasteiger partial charge in [-0.25, -0.2) is 0 Å². The maximum Gasteiger partial charge on any atom is 0.304 e. The SMILES string of the molecule is CCOC1CC(NCc2csc(=O)[nH]2)C12CCCC2. The van der Waals surface area contributed by atoms with Gasteiger partial charge in [0.2, 0.25) is 0 Å². The molecule has 2 fully saturated rings. The summed E-state index contributed by atoms with van der Waals surface area (Å²) in [7, 11) is 0. The van der Waals surface area contributed by atoms with Gasteiger partial charge in [0.15, 0.2) is 0 Å². The third kappa shape index (κ3) is 2.39. The Morgan fingerprint density at radius 1 is 1.53 bits per heavy atom. The topological polar surface area (TPSA) is 54.1 Å². The van der Waals surface area contributed by atoms with Crippen molar-refractivity contribution in [3.8, 4) is 0 Å². The number of ether oxygens (including phenoxy) is 1. The molecule has 2 aliphatic carbocycles. The van der Waals surface area contributed by atoms with Crippen molar-refractivity contribution >= 4 is 11.3 Å². The number of hydrogen-bond acceptors (Lipinski definition) is 4. The molecule has 2 N–H and O–H groups in total. The second-order valence-corrected chi connectivity index (χ2v) is 6.57. The number of thiazole rings is 1. The van der Waals surface area contributed by atoms with Crippen LogP contribution in [0.2, 0.25) is 0 Å². The second kappa shape index (κ2) is 5.38. The minimum absolute atomic E-state index is 0.0354. The Bertz CT molecular complexity index is 476. The smallest absolute Gasteiger partial charge is 0.304 e. The maximum atomic E-state index is 11.1. The maximum absolute atomic E-state index is 11.1. The van der Waals surface area contributed by atoms with E-state index in [0.717, 1.165) is 25.3 Å². The fourth-order valence-electron chi connectivity index (χ4n) is 3.81. The molecule has 2 aliphatic rings. The Hall–Kier alpha value is -0.650. The van der Waals surface area contributed by atoms with Gasteiger partial charge in [-0.05, 0) is 26.2 Å². The zero-order valence-corrected chi connectivity index (χ0v) is 12.2. The van der Waals surface area contributed by atoms with Gasteiger partial charge in [0, 0.05) is 35.7 Å². The predicted molar refractivity (Wildman–Crippen MR) is 76.5 cm³/mol. The van der Waals surface area contributed by atoms with Gasteiger partial charge in [0.1, 0.15) is 0 Å². The molecule has 2 saturated carbocycles. The van der Waals surface area contributed by atoms with Gasteiger partial charge in [0.05, 0.1) is 6.10 Å². The molecule has 4 nitrogen and oxygen atoms in total. The molecule has 5 heteroatoms. The lowest BCUT2D eigenvalue weighted by atomic mass is 9.60. The van der Waals surface area contributed by atoms with Crippen molar-refractivity contribution in [2.75, 3.05) is 6.61 Å². The van der Waals surface area contributed by atoms with Gasteiger partial charge in [-0.15, -0.1) is 0 Å². The highest BCUT2D eigenvalue weighted by molar-refractivity contribution is 7.07. The van der Waals surface area contributed by atoms with Crippen molar-refractivity contribution in [3.63, 3.8) is 0 Å². The van der Waals surface area contributed by atoms with Crippen LogP contribution in [0.25, 0.3) is 0 Å². The average Bonchev–Trinajstić information content (AvgIpc) is 3.03. The summed E-state index contributed by atoms with van der Waals surface area (Å²) < 4.78 is 5.91. The molecule has 0 amide bonds. The molecule has 3 rings (SSSR count). The van der Waals surface area contributed by atoms with Crippen molar-refractivity contribution < 1.29 is 4.74 Å². The highest BCUT2D eigenvalue weighted by atomic mass is 32.1. The molecule has 1 spiro atoms. The summed E-state index contributed by atoms with van der Waals surface area (Å²) in [6, 6.07) is 0.551. The van der Waals surface area contributed by atoms with E-state index in [1.54, 1.807) is 0 Å². The molecule has 106 valence electrons. The Morgan fingerprint density at radius 3 is 2.95 bits per heavy atom. The number of aromatic nitrogens is 1. The van der Waals surface area contributed by atoms with Crippen LogP contribution in [-0.4, -0.2) is 23.7 Å². The molecule has 1 aromatic rings. The van der Waals surface area contributed by atoms with Crippen LogP contribution in [-0.2, 0) is 11.3 Å². The van der Waals surface area contributed by atoms with Crippen molar-refractivity contribution in [1.82, 2.24) is 10.3 Å². The normalized spacial score (nSPS) is 28.7. The van der Waals surface area contributed by atoms with E-state index in [9.17, 15) is 4.79 Å². The summed E-state index contributed by atoms with van der Waals surface area (Å²) in [5.74, 6) is 0. The van der Waals surface area contributed by atoms with Gasteiger partial charge in [-0.1, -0.05) is 24.2 Å². The third-order valence-corrected chi connectivity index (χ3v) is 5.52. The molecule has 1 heterocycles. The lowest BCUT2D eigenvalue weighted by molar-refractivity contribution is -0.130. The highest BCUT2D eigenvalue weighted by Gasteiger charge is 2.56. The summed E-state index contributed by atoms with van der Waals surface area (Å²) in [5, 5.41) is 5.54. The summed E-state index contributed by atoms with van der Waals surface area (Å²) in [6.45, 7) is 3.67. The zero-order valence-electron chi connectivity index (χ0n) is 11.4. The quantitative estimate of drug-likeness (QED) is 0.871. The van der Waals surface area contributed by atoms with E-state index in [1.165, 1.54) is 37.0 Å². The van der Waals surface area contributed by atoms with E-state index in [0.29, 0.717) is 17.6 Å². The Labute approximate surface area is 117 Å². The first-order chi connectivity index (χ1) is 9.24. The van der Waals surface area contributed by atoms with Gasteiger partial charge in [0.25, 0.3) is 0 Å². The first kappa shape index (κ1) is 13.3. The number of hydrogen-bond donors (Lipinski definition) is 2. The summed E-state index contributed by atoms with van der Waals surface area (Å²) in [5.41, 5.74) is 1.37. The van der Waals surface area contributed by atoms with Crippen LogP contribution in [0.15, 0.2) is 10.2 Å². The van der Waals surface area contributed by atoms with E-state index in [4.69, 9.17) is 4.74 Å². The molecule has 2 atom stereocenters. The predicted octanol–water partition coefficient (Wildman–Crippen LogP) is 2.26. The van der Waals surface area contributed by atoms with Crippen LogP contribution >= 0.6 is 11.3 Å². The van der Waals surface area contributed by atoms with E-state index in [2.05, 4.69) is 17.2 Å². The van der Waals surface area contributed by atoms with Crippen molar-refractivity contribution in [2.45, 2.75) is 57.7 Å². The van der Waals surface area contributed by atoms with Crippen molar-refractivity contribution in [2.24, 2.45) is 5.41 Å². The highest BCUT2D eigenvalue weighted by Crippen LogP contribution is 2.54. The van der Waals surface area contributed by atoms with E-state index in [1.807, 2.05) is 5.38 Å². The first-order valence-corrected chi connectivity index (χ1v) is 8.14. The number of H-pyrrole nitrogens is 1. The largest absolute Gasteiger partial charge is 0.378 e. The summed E-state index contributed by atoms with van der Waals surface area (Å²) in [6.07, 6.45) is 6.79. The number of aromatic amines is 1. The Morgan fingerprint density at radius 2 is 2.32 bits per heavy atom. The second-order valence-electron chi connectivity index (χ2n) is 5.73. The molecule has 0 aromatic carbocycles. The Kier molecular flexibility index (Phi) is 3.78. The molecule has 0 saturated heterocycles. The van der Waals surface area contributed by atoms with Crippen LogP contribution in [0.4, 0.5) is 0 Å². The van der Waals surface area contributed by atoms with Crippen LogP contribution in [0, 0.1) is 5.41 Å². The standard InChI is InChI=1S/C14H22N2O2S/c1-2-18-12-7-11(14(12)5-3-4-6-14)15-8-10-9-19-13(17)16-10/h9,11-12,15H,2-8H2,1H3,(H,16,17). The van der Waals surface area contributed by atoms with Crippen molar-refractivity contribution in [1.29, 1.82) is 0 Å². The number of nitrogens with one attached hydrogen (secondary N) is 2. The van der Waals surface area contributed by atoms with E-state index >= 15 is 0 Å². The fourth-order valence-corrected chi connectivity index (χ4v) is 4.39.